The van der Waals surface area contributed by atoms with Gasteiger partial charge in [-0.3, -0.25) is 14.7 Å². The summed E-state index contributed by atoms with van der Waals surface area (Å²) in [5, 5.41) is 16.2. The van der Waals surface area contributed by atoms with E-state index < -0.39 is 0 Å². The summed E-state index contributed by atoms with van der Waals surface area (Å²) in [6.07, 6.45) is 2.11. The summed E-state index contributed by atoms with van der Waals surface area (Å²) in [7, 11) is 0. The molecule has 0 aliphatic carbocycles. The van der Waals surface area contributed by atoms with Crippen LogP contribution in [0.2, 0.25) is 0 Å². The first kappa shape index (κ1) is 19.9. The smallest absolute Gasteiger partial charge is 0.276 e. The molecule has 26 heavy (non-hydrogen) atoms. The van der Waals surface area contributed by atoms with Gasteiger partial charge in [0.1, 0.15) is 0 Å². The van der Waals surface area contributed by atoms with Crippen LogP contribution in [0.25, 0.3) is 0 Å². The Kier molecular flexibility index (Phi) is 6.76. The van der Waals surface area contributed by atoms with E-state index in [0.29, 0.717) is 30.0 Å². The van der Waals surface area contributed by atoms with E-state index in [9.17, 15) is 9.59 Å². The number of carbonyl (C=O) groups is 2. The van der Waals surface area contributed by atoms with Crippen molar-refractivity contribution in [2.24, 2.45) is 0 Å². The molecule has 3 rings (SSSR count). The number of H-pyrrole nitrogens is 1. The zero-order valence-electron chi connectivity index (χ0n) is 14.9. The molecule has 1 aromatic carbocycles. The van der Waals surface area contributed by atoms with Crippen LogP contribution >= 0.6 is 12.4 Å². The molecule has 0 bridgehead atoms. The Morgan fingerprint density at radius 1 is 1.23 bits per heavy atom. The molecular weight excluding hydrogens is 354 g/mol. The second kappa shape index (κ2) is 8.82. The van der Waals surface area contributed by atoms with Crippen LogP contribution in [0.1, 0.15) is 47.1 Å². The SMILES string of the molecule is CCCC(=O)Nc1cccc(NC(=O)c2n[nH]c3c2CNCC3)c1C.Cl. The molecule has 0 saturated carbocycles. The minimum Gasteiger partial charge on any atom is -0.326 e. The minimum absolute atomic E-state index is 0. The fraction of sp³-hybridized carbons (Fsp3) is 0.389. The van der Waals surface area contributed by atoms with E-state index in [0.717, 1.165) is 36.2 Å². The second-order valence-electron chi connectivity index (χ2n) is 6.19. The Hall–Kier alpha value is -2.38. The van der Waals surface area contributed by atoms with Crippen LogP contribution in [-0.2, 0) is 17.8 Å². The number of aromatic amines is 1. The highest BCUT2D eigenvalue weighted by atomic mass is 35.5. The molecule has 0 radical (unpaired) electrons. The lowest BCUT2D eigenvalue weighted by Crippen LogP contribution is -2.25. The Bertz CT molecular complexity index is 803. The van der Waals surface area contributed by atoms with Crippen molar-refractivity contribution >= 4 is 35.6 Å². The summed E-state index contributed by atoms with van der Waals surface area (Å²) < 4.78 is 0. The number of rotatable bonds is 5. The van der Waals surface area contributed by atoms with Crippen molar-refractivity contribution in [3.8, 4) is 0 Å². The van der Waals surface area contributed by atoms with Crippen LogP contribution in [0.4, 0.5) is 11.4 Å². The fourth-order valence-electron chi connectivity index (χ4n) is 2.94. The maximum atomic E-state index is 12.6. The first-order chi connectivity index (χ1) is 12.1. The number of hydrogen-bond donors (Lipinski definition) is 4. The molecular formula is C18H24ClN5O2. The summed E-state index contributed by atoms with van der Waals surface area (Å²) in [6.45, 7) is 5.36. The van der Waals surface area contributed by atoms with Gasteiger partial charge in [0, 0.05) is 48.6 Å². The molecule has 2 heterocycles. The molecule has 0 saturated heterocycles. The highest BCUT2D eigenvalue weighted by Crippen LogP contribution is 2.25. The van der Waals surface area contributed by atoms with Crippen LogP contribution in [0, 0.1) is 6.92 Å². The van der Waals surface area contributed by atoms with Gasteiger partial charge in [-0.05, 0) is 31.0 Å². The highest BCUT2D eigenvalue weighted by Gasteiger charge is 2.22. The number of fused-ring (bicyclic) bond motifs is 1. The van der Waals surface area contributed by atoms with E-state index in [-0.39, 0.29) is 24.2 Å². The van der Waals surface area contributed by atoms with Crippen LogP contribution in [0.15, 0.2) is 18.2 Å². The lowest BCUT2D eigenvalue weighted by molar-refractivity contribution is -0.116. The molecule has 0 atom stereocenters. The number of halogens is 1. The molecule has 7 nitrogen and oxygen atoms in total. The predicted molar refractivity (Wildman–Crippen MR) is 104 cm³/mol. The number of aromatic nitrogens is 2. The van der Waals surface area contributed by atoms with Crippen molar-refractivity contribution in [1.29, 1.82) is 0 Å². The lowest BCUT2D eigenvalue weighted by atomic mass is 10.1. The van der Waals surface area contributed by atoms with E-state index in [2.05, 4.69) is 26.1 Å². The molecule has 0 spiro atoms. The van der Waals surface area contributed by atoms with Gasteiger partial charge in [-0.2, -0.15) is 5.10 Å². The molecule has 1 aromatic heterocycles. The van der Waals surface area contributed by atoms with Crippen LogP contribution < -0.4 is 16.0 Å². The molecule has 1 aliphatic rings. The molecule has 4 N–H and O–H groups in total. The van der Waals surface area contributed by atoms with Gasteiger partial charge in [-0.1, -0.05) is 13.0 Å². The van der Waals surface area contributed by atoms with Gasteiger partial charge < -0.3 is 16.0 Å². The zero-order chi connectivity index (χ0) is 17.8. The van der Waals surface area contributed by atoms with E-state index >= 15 is 0 Å². The maximum Gasteiger partial charge on any atom is 0.276 e. The van der Waals surface area contributed by atoms with Crippen molar-refractivity contribution in [3.05, 3.63) is 40.7 Å². The van der Waals surface area contributed by atoms with Gasteiger partial charge >= 0.3 is 0 Å². The van der Waals surface area contributed by atoms with Gasteiger partial charge in [-0.15, -0.1) is 12.4 Å². The number of nitrogens with zero attached hydrogens (tertiary/aromatic N) is 1. The number of nitrogens with one attached hydrogen (secondary N) is 4. The summed E-state index contributed by atoms with van der Waals surface area (Å²) in [4.78, 5) is 24.5. The molecule has 2 amide bonds. The van der Waals surface area contributed by atoms with E-state index in [1.54, 1.807) is 0 Å². The topological polar surface area (TPSA) is 98.9 Å². The average molecular weight is 378 g/mol. The third-order valence-corrected chi connectivity index (χ3v) is 4.35. The number of carbonyl (C=O) groups excluding carboxylic acids is 2. The van der Waals surface area contributed by atoms with Crippen molar-refractivity contribution in [2.75, 3.05) is 17.2 Å². The molecule has 140 valence electrons. The van der Waals surface area contributed by atoms with Crippen LogP contribution in [0.5, 0.6) is 0 Å². The largest absolute Gasteiger partial charge is 0.326 e. The Labute approximate surface area is 158 Å². The van der Waals surface area contributed by atoms with E-state index in [1.165, 1.54) is 0 Å². The van der Waals surface area contributed by atoms with Crippen LogP contribution in [0.3, 0.4) is 0 Å². The fourth-order valence-corrected chi connectivity index (χ4v) is 2.94. The number of benzene rings is 1. The quantitative estimate of drug-likeness (QED) is 0.643. The lowest BCUT2D eigenvalue weighted by Gasteiger charge is -2.15. The van der Waals surface area contributed by atoms with Gasteiger partial charge in [0.2, 0.25) is 5.91 Å². The van der Waals surface area contributed by atoms with Gasteiger partial charge in [0.05, 0.1) is 0 Å². The maximum absolute atomic E-state index is 12.6. The summed E-state index contributed by atoms with van der Waals surface area (Å²) >= 11 is 0. The molecule has 0 fully saturated rings. The number of hydrogen-bond acceptors (Lipinski definition) is 4. The van der Waals surface area contributed by atoms with E-state index in [4.69, 9.17) is 0 Å². The first-order valence-electron chi connectivity index (χ1n) is 8.57. The summed E-state index contributed by atoms with van der Waals surface area (Å²) in [6, 6.07) is 5.46. The monoisotopic (exact) mass is 377 g/mol. The molecule has 1 aliphatic heterocycles. The standard InChI is InChI=1S/C18H23N5O2.ClH/c1-3-5-16(24)20-13-6-4-7-14(11(13)2)21-18(25)17-12-10-19-9-8-15(12)22-23-17;/h4,6-7,19H,3,5,8-10H2,1-2H3,(H,20,24)(H,21,25)(H,22,23);1H. The molecule has 0 unspecified atom stereocenters. The third kappa shape index (κ3) is 4.23. The molecule has 2 aromatic rings. The highest BCUT2D eigenvalue weighted by molar-refractivity contribution is 6.05. The average Bonchev–Trinajstić information content (AvgIpc) is 3.03. The van der Waals surface area contributed by atoms with Gasteiger partial charge in [0.25, 0.3) is 5.91 Å². The van der Waals surface area contributed by atoms with Gasteiger partial charge in [0.15, 0.2) is 5.69 Å². The summed E-state index contributed by atoms with van der Waals surface area (Å²) in [5.41, 5.74) is 4.56. The Morgan fingerprint density at radius 2 is 1.96 bits per heavy atom. The van der Waals surface area contributed by atoms with E-state index in [1.807, 2.05) is 32.0 Å². The first-order valence-corrected chi connectivity index (χ1v) is 8.57. The Balaban J connectivity index is 0.00000243. The molecule has 8 heteroatoms. The zero-order valence-corrected chi connectivity index (χ0v) is 15.8. The third-order valence-electron chi connectivity index (χ3n) is 4.35. The minimum atomic E-state index is -0.249. The second-order valence-corrected chi connectivity index (χ2v) is 6.19. The normalized spacial score (nSPS) is 12.7. The number of amides is 2. The van der Waals surface area contributed by atoms with Crippen molar-refractivity contribution < 1.29 is 9.59 Å². The number of anilines is 2. The van der Waals surface area contributed by atoms with Gasteiger partial charge in [-0.25, -0.2) is 0 Å². The predicted octanol–water partition coefficient (Wildman–Crippen LogP) is 2.78. The Morgan fingerprint density at radius 3 is 2.69 bits per heavy atom. The summed E-state index contributed by atoms with van der Waals surface area (Å²) in [5.74, 6) is -0.275. The van der Waals surface area contributed by atoms with Crippen molar-refractivity contribution in [2.45, 2.75) is 39.7 Å². The van der Waals surface area contributed by atoms with Crippen molar-refractivity contribution in [3.63, 3.8) is 0 Å². The van der Waals surface area contributed by atoms with Crippen molar-refractivity contribution in [1.82, 2.24) is 15.5 Å². The van der Waals surface area contributed by atoms with Crippen LogP contribution in [-0.4, -0.2) is 28.6 Å².